The zero-order valence-electron chi connectivity index (χ0n) is 29.3. The van der Waals surface area contributed by atoms with Crippen LogP contribution in [0, 0.1) is 0 Å². The molecule has 6 nitrogen and oxygen atoms in total. The van der Waals surface area contributed by atoms with Crippen molar-refractivity contribution in [2.75, 3.05) is 0 Å². The minimum atomic E-state index is -0.287. The molecule has 0 saturated carbocycles. The van der Waals surface area contributed by atoms with Gasteiger partial charge in [0.25, 0.3) is 0 Å². The van der Waals surface area contributed by atoms with Crippen molar-refractivity contribution in [1.29, 1.82) is 0 Å². The molecule has 7 aromatic carbocycles. The number of aliphatic imine (C=N–C) groups is 2. The molecule has 256 valence electrons. The van der Waals surface area contributed by atoms with Crippen LogP contribution in [0.5, 0.6) is 0 Å². The summed E-state index contributed by atoms with van der Waals surface area (Å²) in [4.78, 5) is 24.6. The number of hydrogen-bond donors (Lipinski definition) is 1. The Bertz CT molecular complexity index is 2530. The van der Waals surface area contributed by atoms with Crippen LogP contribution in [0.15, 0.2) is 204 Å². The lowest BCUT2D eigenvalue weighted by Crippen LogP contribution is -2.33. The van der Waals surface area contributed by atoms with Gasteiger partial charge in [0.15, 0.2) is 23.3 Å². The third-order valence-corrected chi connectivity index (χ3v) is 9.44. The van der Waals surface area contributed by atoms with Gasteiger partial charge >= 0.3 is 0 Å². The Kier molecular flexibility index (Phi) is 8.89. The zero-order valence-corrected chi connectivity index (χ0v) is 29.3. The first-order valence-corrected chi connectivity index (χ1v) is 18.0. The molecule has 9 rings (SSSR count). The van der Waals surface area contributed by atoms with Gasteiger partial charge in [0.05, 0.1) is 0 Å². The van der Waals surface area contributed by atoms with Gasteiger partial charge in [-0.3, -0.25) is 0 Å². The fourth-order valence-electron chi connectivity index (χ4n) is 6.65. The predicted molar refractivity (Wildman–Crippen MR) is 219 cm³/mol. The van der Waals surface area contributed by atoms with Crippen molar-refractivity contribution in [3.63, 3.8) is 0 Å². The number of rotatable bonds is 8. The Morgan fingerprint density at radius 3 is 1.19 bits per heavy atom. The molecule has 1 aliphatic rings. The molecule has 1 N–H and O–H groups in total. The van der Waals surface area contributed by atoms with Crippen molar-refractivity contribution in [1.82, 2.24) is 20.3 Å². The highest BCUT2D eigenvalue weighted by Gasteiger charge is 2.21. The first-order valence-electron chi connectivity index (χ1n) is 18.0. The Morgan fingerprint density at radius 1 is 0.333 bits per heavy atom. The summed E-state index contributed by atoms with van der Waals surface area (Å²) in [5.41, 5.74) is 10.4. The summed E-state index contributed by atoms with van der Waals surface area (Å²) in [6, 6.07) is 66.1. The van der Waals surface area contributed by atoms with Crippen LogP contribution in [0.25, 0.3) is 56.4 Å². The Labute approximate surface area is 314 Å². The maximum Gasteiger partial charge on any atom is 0.164 e. The van der Waals surface area contributed by atoms with E-state index in [2.05, 4.69) is 90.2 Å². The van der Waals surface area contributed by atoms with E-state index in [1.165, 1.54) is 0 Å². The van der Waals surface area contributed by atoms with Gasteiger partial charge < -0.3 is 5.32 Å². The van der Waals surface area contributed by atoms with Gasteiger partial charge in [-0.25, -0.2) is 24.9 Å². The fourth-order valence-corrected chi connectivity index (χ4v) is 6.65. The average Bonchev–Trinajstić information content (AvgIpc) is 3.27. The molecule has 1 unspecified atom stereocenters. The maximum atomic E-state index is 5.05. The summed E-state index contributed by atoms with van der Waals surface area (Å²) in [6.45, 7) is 0. The molecular weight excluding hydrogens is 661 g/mol. The van der Waals surface area contributed by atoms with E-state index in [0.29, 0.717) is 23.3 Å². The number of nitrogens with one attached hydrogen (secondary N) is 1. The maximum absolute atomic E-state index is 5.05. The van der Waals surface area contributed by atoms with Gasteiger partial charge in [-0.05, 0) is 27.8 Å². The summed E-state index contributed by atoms with van der Waals surface area (Å²) in [7, 11) is 0. The number of amidine groups is 2. The van der Waals surface area contributed by atoms with Gasteiger partial charge in [0, 0.05) is 27.8 Å². The molecule has 0 amide bonds. The zero-order chi connectivity index (χ0) is 36.1. The quantitative estimate of drug-likeness (QED) is 0.172. The molecule has 0 aliphatic carbocycles. The molecule has 1 aromatic heterocycles. The summed E-state index contributed by atoms with van der Waals surface area (Å²) < 4.78 is 0. The highest BCUT2D eigenvalue weighted by Crippen LogP contribution is 2.34. The van der Waals surface area contributed by atoms with Gasteiger partial charge in [0.1, 0.15) is 12.0 Å². The molecule has 2 heterocycles. The molecule has 0 saturated heterocycles. The van der Waals surface area contributed by atoms with E-state index >= 15 is 0 Å². The van der Waals surface area contributed by atoms with E-state index in [4.69, 9.17) is 24.9 Å². The first-order chi connectivity index (χ1) is 26.7. The second-order valence-corrected chi connectivity index (χ2v) is 13.0. The van der Waals surface area contributed by atoms with Crippen LogP contribution in [0.3, 0.4) is 0 Å². The van der Waals surface area contributed by atoms with E-state index in [0.717, 1.165) is 61.5 Å². The molecule has 8 aromatic rings. The van der Waals surface area contributed by atoms with Crippen molar-refractivity contribution in [3.8, 4) is 56.4 Å². The lowest BCUT2D eigenvalue weighted by atomic mass is 9.93. The highest BCUT2D eigenvalue weighted by atomic mass is 15.2. The normalized spacial score (nSPS) is 13.7. The van der Waals surface area contributed by atoms with Crippen LogP contribution >= 0.6 is 0 Å². The minimum absolute atomic E-state index is 0.287. The number of nitrogens with zero attached hydrogens (tertiary/aromatic N) is 5. The van der Waals surface area contributed by atoms with Crippen LogP contribution < -0.4 is 5.32 Å². The fraction of sp³-hybridized carbons (Fsp3) is 0.0208. The molecule has 0 spiro atoms. The highest BCUT2D eigenvalue weighted by molar-refractivity contribution is 6.13. The number of hydrogen-bond acceptors (Lipinski definition) is 6. The van der Waals surface area contributed by atoms with E-state index in [1.807, 2.05) is 109 Å². The predicted octanol–water partition coefficient (Wildman–Crippen LogP) is 10.7. The molecule has 54 heavy (non-hydrogen) atoms. The van der Waals surface area contributed by atoms with Crippen LogP contribution in [0.2, 0.25) is 0 Å². The summed E-state index contributed by atoms with van der Waals surface area (Å²) in [6.07, 6.45) is -0.287. The SMILES string of the molecule is c1ccc(C2=NC(c3ccc(-c4ccccc4-c4ccc(-c5nc(-c6ccccc6)nc(-c6ccccc6)n5)cc4)cc3)NC(c3ccccc3)=N2)cc1. The second kappa shape index (κ2) is 14.7. The Balaban J connectivity index is 1.02. The Morgan fingerprint density at radius 2 is 0.704 bits per heavy atom. The molecule has 0 radical (unpaired) electrons. The molecule has 6 heteroatoms. The van der Waals surface area contributed by atoms with E-state index in [9.17, 15) is 0 Å². The lowest BCUT2D eigenvalue weighted by molar-refractivity contribution is 0.674. The van der Waals surface area contributed by atoms with Crippen molar-refractivity contribution in [3.05, 3.63) is 211 Å². The van der Waals surface area contributed by atoms with Crippen molar-refractivity contribution in [2.24, 2.45) is 9.98 Å². The summed E-state index contributed by atoms with van der Waals surface area (Å²) in [5.74, 6) is 3.43. The van der Waals surface area contributed by atoms with Gasteiger partial charge in [0.2, 0.25) is 0 Å². The van der Waals surface area contributed by atoms with Crippen molar-refractivity contribution < 1.29 is 0 Å². The van der Waals surface area contributed by atoms with E-state index < -0.39 is 0 Å². The van der Waals surface area contributed by atoms with E-state index in [1.54, 1.807) is 0 Å². The summed E-state index contributed by atoms with van der Waals surface area (Å²) >= 11 is 0. The van der Waals surface area contributed by atoms with Gasteiger partial charge in [-0.15, -0.1) is 0 Å². The second-order valence-electron chi connectivity index (χ2n) is 13.0. The van der Waals surface area contributed by atoms with Crippen LogP contribution in [0.1, 0.15) is 22.9 Å². The van der Waals surface area contributed by atoms with E-state index in [-0.39, 0.29) is 6.17 Å². The van der Waals surface area contributed by atoms with Crippen LogP contribution in [-0.4, -0.2) is 26.6 Å². The first kappa shape index (κ1) is 32.6. The Hall–Kier alpha value is -7.31. The average molecular weight is 695 g/mol. The largest absolute Gasteiger partial charge is 0.344 e. The van der Waals surface area contributed by atoms with Crippen molar-refractivity contribution in [2.45, 2.75) is 6.17 Å². The van der Waals surface area contributed by atoms with Crippen molar-refractivity contribution >= 4 is 11.7 Å². The van der Waals surface area contributed by atoms with Crippen LogP contribution in [-0.2, 0) is 0 Å². The third kappa shape index (κ3) is 6.84. The number of benzene rings is 7. The molecular formula is C48H34N6. The molecule has 0 bridgehead atoms. The molecule has 0 fully saturated rings. The van der Waals surface area contributed by atoms with Gasteiger partial charge in [-0.2, -0.15) is 0 Å². The molecule has 1 aliphatic heterocycles. The topological polar surface area (TPSA) is 75.4 Å². The van der Waals surface area contributed by atoms with Crippen LogP contribution in [0.4, 0.5) is 0 Å². The monoisotopic (exact) mass is 694 g/mol. The smallest absolute Gasteiger partial charge is 0.164 e. The lowest BCUT2D eigenvalue weighted by Gasteiger charge is -2.24. The molecule has 1 atom stereocenters. The van der Waals surface area contributed by atoms with Gasteiger partial charge in [-0.1, -0.05) is 194 Å². The third-order valence-electron chi connectivity index (χ3n) is 9.44. The minimum Gasteiger partial charge on any atom is -0.344 e. The standard InChI is InChI=1S/C48H34N6/c1-5-15-35(16-6-1)43-49-44(36-17-7-2-8-18-36)52-47(51-43)39-29-25-33(26-30-39)41-23-13-14-24-42(41)34-27-31-40(32-28-34)48-53-45(37-19-9-3-10-20-37)50-46(54-48)38-21-11-4-12-22-38/h1-32,47H,(H,49,51,52). The number of aromatic nitrogens is 3. The summed E-state index contributed by atoms with van der Waals surface area (Å²) in [5, 5.41) is 3.57.